The Morgan fingerprint density at radius 1 is 1.14 bits per heavy atom. The van der Waals surface area contributed by atoms with E-state index in [1.54, 1.807) is 12.5 Å². The number of ether oxygens (including phenoxy) is 1. The largest absolute Gasteiger partial charge is 0.491 e. The molecule has 4 aromatic rings. The van der Waals surface area contributed by atoms with E-state index in [-0.39, 0.29) is 0 Å². The van der Waals surface area contributed by atoms with Crippen LogP contribution in [0.1, 0.15) is 12.5 Å². The van der Waals surface area contributed by atoms with Gasteiger partial charge in [-0.15, -0.1) is 0 Å². The van der Waals surface area contributed by atoms with Gasteiger partial charge in [0.2, 0.25) is 5.95 Å². The summed E-state index contributed by atoms with van der Waals surface area (Å²) in [7, 11) is 0. The van der Waals surface area contributed by atoms with E-state index in [1.165, 1.54) is 0 Å². The first-order valence-electron chi connectivity index (χ1n) is 9.81. The summed E-state index contributed by atoms with van der Waals surface area (Å²) >= 11 is 0. The molecule has 29 heavy (non-hydrogen) atoms. The van der Waals surface area contributed by atoms with Crippen molar-refractivity contribution in [1.29, 1.82) is 0 Å². The van der Waals surface area contributed by atoms with Crippen molar-refractivity contribution in [3.8, 4) is 16.9 Å². The molecule has 0 bridgehead atoms. The Labute approximate surface area is 168 Å². The molecule has 0 radical (unpaired) electrons. The Balaban J connectivity index is 1.48. The van der Waals surface area contributed by atoms with Gasteiger partial charge in [0, 0.05) is 24.8 Å². The number of aromatic nitrogens is 4. The van der Waals surface area contributed by atoms with Crippen LogP contribution in [0.5, 0.6) is 5.75 Å². The normalized spacial score (nSPS) is 13.6. The summed E-state index contributed by atoms with van der Waals surface area (Å²) in [5, 5.41) is 3.23. The molecule has 2 N–H and O–H groups in total. The molecule has 0 saturated heterocycles. The second kappa shape index (κ2) is 7.43. The van der Waals surface area contributed by atoms with Crippen LogP contribution < -0.4 is 15.0 Å². The number of fused-ring (bicyclic) bond motifs is 2. The van der Waals surface area contributed by atoms with E-state index in [0.29, 0.717) is 6.61 Å². The molecular formula is C22H22N6O. The molecule has 7 heteroatoms. The van der Waals surface area contributed by atoms with Crippen LogP contribution in [-0.4, -0.2) is 39.6 Å². The third kappa shape index (κ3) is 3.47. The fourth-order valence-corrected chi connectivity index (χ4v) is 3.68. The second-order valence-electron chi connectivity index (χ2n) is 7.01. The lowest BCUT2D eigenvalue weighted by molar-refractivity contribution is 0.331. The Hall–Kier alpha value is -3.61. The van der Waals surface area contributed by atoms with Crippen LogP contribution in [0.4, 0.5) is 11.8 Å². The van der Waals surface area contributed by atoms with Crippen molar-refractivity contribution in [3.05, 3.63) is 60.6 Å². The van der Waals surface area contributed by atoms with Gasteiger partial charge >= 0.3 is 0 Å². The van der Waals surface area contributed by atoms with E-state index >= 15 is 0 Å². The summed E-state index contributed by atoms with van der Waals surface area (Å²) in [6, 6.07) is 14.6. The van der Waals surface area contributed by atoms with Gasteiger partial charge < -0.3 is 19.9 Å². The van der Waals surface area contributed by atoms with Gasteiger partial charge in [-0.3, -0.25) is 0 Å². The molecule has 5 rings (SSSR count). The molecule has 1 aliphatic rings. The molecule has 2 aromatic carbocycles. The second-order valence-corrected chi connectivity index (χ2v) is 7.01. The van der Waals surface area contributed by atoms with Gasteiger partial charge in [0.1, 0.15) is 24.5 Å². The third-order valence-electron chi connectivity index (χ3n) is 5.09. The zero-order chi connectivity index (χ0) is 19.6. The van der Waals surface area contributed by atoms with Crippen molar-refractivity contribution >= 4 is 22.8 Å². The molecule has 0 amide bonds. The first kappa shape index (κ1) is 17.5. The monoisotopic (exact) mass is 386 g/mol. The maximum Gasteiger partial charge on any atom is 0.201 e. The lowest BCUT2D eigenvalue weighted by Crippen LogP contribution is -2.26. The number of aromatic amines is 1. The summed E-state index contributed by atoms with van der Waals surface area (Å²) < 4.78 is 5.98. The zero-order valence-electron chi connectivity index (χ0n) is 16.2. The smallest absolute Gasteiger partial charge is 0.201 e. The Bertz CT molecular complexity index is 1140. The molecule has 0 unspecified atom stereocenters. The minimum absolute atomic E-state index is 0.629. The minimum Gasteiger partial charge on any atom is -0.491 e. The standard InChI is InChI=1S/C22H22N6O/c1-2-24-22-26-18-5-3-16(12-19(18)27-22)15-4-6-20-17(11-15)13-28(9-10-29-20)21-7-8-23-14-25-21/h3-8,11-12,14H,2,9-10,13H2,1H3,(H2,24,26,27). The first-order chi connectivity index (χ1) is 14.3. The molecule has 3 heterocycles. The van der Waals surface area contributed by atoms with E-state index in [1.807, 2.05) is 6.07 Å². The zero-order valence-corrected chi connectivity index (χ0v) is 16.2. The fourth-order valence-electron chi connectivity index (χ4n) is 3.68. The number of anilines is 2. The van der Waals surface area contributed by atoms with E-state index in [2.05, 4.69) is 73.5 Å². The van der Waals surface area contributed by atoms with Gasteiger partial charge in [0.15, 0.2) is 0 Å². The molecule has 2 aromatic heterocycles. The fraction of sp³-hybridized carbons (Fsp3) is 0.227. The van der Waals surface area contributed by atoms with E-state index < -0.39 is 0 Å². The lowest BCUT2D eigenvalue weighted by atomic mass is 10.0. The van der Waals surface area contributed by atoms with Gasteiger partial charge in [-0.1, -0.05) is 12.1 Å². The number of nitrogens with one attached hydrogen (secondary N) is 2. The van der Waals surface area contributed by atoms with Gasteiger partial charge in [0.25, 0.3) is 0 Å². The highest BCUT2D eigenvalue weighted by Gasteiger charge is 2.17. The van der Waals surface area contributed by atoms with Crippen LogP contribution in [0, 0.1) is 0 Å². The first-order valence-corrected chi connectivity index (χ1v) is 9.81. The minimum atomic E-state index is 0.629. The Kier molecular flexibility index (Phi) is 4.48. The Morgan fingerprint density at radius 3 is 2.90 bits per heavy atom. The summed E-state index contributed by atoms with van der Waals surface area (Å²) in [6.45, 7) is 5.05. The summed E-state index contributed by atoms with van der Waals surface area (Å²) in [5.41, 5.74) is 5.42. The molecule has 0 fully saturated rings. The van der Waals surface area contributed by atoms with Crippen LogP contribution in [0.25, 0.3) is 22.2 Å². The maximum absolute atomic E-state index is 5.98. The Morgan fingerprint density at radius 2 is 2.03 bits per heavy atom. The van der Waals surface area contributed by atoms with E-state index in [4.69, 9.17) is 4.74 Å². The molecule has 146 valence electrons. The maximum atomic E-state index is 5.98. The molecule has 0 saturated carbocycles. The lowest BCUT2D eigenvalue weighted by Gasteiger charge is -2.20. The average Bonchev–Trinajstić information content (AvgIpc) is 3.03. The highest BCUT2D eigenvalue weighted by molar-refractivity contribution is 5.83. The van der Waals surface area contributed by atoms with Crippen molar-refractivity contribution in [2.24, 2.45) is 0 Å². The van der Waals surface area contributed by atoms with Gasteiger partial charge in [-0.2, -0.15) is 0 Å². The quantitative estimate of drug-likeness (QED) is 0.555. The van der Waals surface area contributed by atoms with Crippen LogP contribution in [0.3, 0.4) is 0 Å². The average molecular weight is 386 g/mol. The van der Waals surface area contributed by atoms with Crippen LogP contribution >= 0.6 is 0 Å². The summed E-state index contributed by atoms with van der Waals surface area (Å²) in [4.78, 5) is 18.5. The predicted octanol–water partition coefficient (Wildman–Crippen LogP) is 3.85. The van der Waals surface area contributed by atoms with Crippen LogP contribution in [-0.2, 0) is 6.54 Å². The molecule has 0 spiro atoms. The van der Waals surface area contributed by atoms with Crippen molar-refractivity contribution in [3.63, 3.8) is 0 Å². The molecule has 0 atom stereocenters. The molecular weight excluding hydrogens is 364 g/mol. The van der Waals surface area contributed by atoms with Crippen molar-refractivity contribution in [1.82, 2.24) is 19.9 Å². The number of imidazole rings is 1. The van der Waals surface area contributed by atoms with Crippen LogP contribution in [0.15, 0.2) is 55.0 Å². The molecule has 0 aliphatic carbocycles. The summed E-state index contributed by atoms with van der Waals surface area (Å²) in [5.74, 6) is 2.65. The number of nitrogens with zero attached hydrogens (tertiary/aromatic N) is 4. The number of hydrogen-bond donors (Lipinski definition) is 2. The molecule has 7 nitrogen and oxygen atoms in total. The van der Waals surface area contributed by atoms with Gasteiger partial charge in [-0.05, 0) is 48.4 Å². The van der Waals surface area contributed by atoms with E-state index in [9.17, 15) is 0 Å². The number of H-pyrrole nitrogens is 1. The topological polar surface area (TPSA) is 79.0 Å². The third-order valence-corrected chi connectivity index (χ3v) is 5.09. The van der Waals surface area contributed by atoms with Crippen molar-refractivity contribution < 1.29 is 4.74 Å². The van der Waals surface area contributed by atoms with Gasteiger partial charge in [-0.25, -0.2) is 15.0 Å². The number of rotatable bonds is 4. The number of hydrogen-bond acceptors (Lipinski definition) is 6. The van der Waals surface area contributed by atoms with E-state index in [0.717, 1.165) is 64.9 Å². The van der Waals surface area contributed by atoms with Gasteiger partial charge in [0.05, 0.1) is 17.6 Å². The highest BCUT2D eigenvalue weighted by Crippen LogP contribution is 2.31. The predicted molar refractivity (Wildman–Crippen MR) is 114 cm³/mol. The molecule has 1 aliphatic heterocycles. The van der Waals surface area contributed by atoms with Crippen LogP contribution in [0.2, 0.25) is 0 Å². The highest BCUT2D eigenvalue weighted by atomic mass is 16.5. The van der Waals surface area contributed by atoms with Crippen molar-refractivity contribution in [2.45, 2.75) is 13.5 Å². The number of benzene rings is 2. The SMILES string of the molecule is CCNc1nc2ccc(-c3ccc4c(c3)CN(c3ccncn3)CCO4)cc2[nH]1. The van der Waals surface area contributed by atoms with Crippen molar-refractivity contribution in [2.75, 3.05) is 29.9 Å². The summed E-state index contributed by atoms with van der Waals surface area (Å²) in [6.07, 6.45) is 3.35.